The lowest BCUT2D eigenvalue weighted by molar-refractivity contribution is -0.131. The Morgan fingerprint density at radius 1 is 1.17 bits per heavy atom. The number of nitrogens with zero attached hydrogens (tertiary/aromatic N) is 2. The molecule has 1 atom stereocenters. The summed E-state index contributed by atoms with van der Waals surface area (Å²) in [7, 11) is 0. The number of aromatic amines is 1. The molecule has 4 rings (SSSR count). The van der Waals surface area contributed by atoms with Crippen LogP contribution in [-0.4, -0.2) is 34.1 Å². The number of rotatable bonds is 3. The van der Waals surface area contributed by atoms with Gasteiger partial charge in [-0.1, -0.05) is 42.5 Å². The van der Waals surface area contributed by atoms with Crippen LogP contribution in [0, 0.1) is 0 Å². The topological polar surface area (TPSA) is 49.0 Å². The number of hydrogen-bond donors (Lipinski definition) is 1. The first kappa shape index (κ1) is 14.9. The highest BCUT2D eigenvalue weighted by molar-refractivity contribution is 5.85. The van der Waals surface area contributed by atoms with Gasteiger partial charge in [0.15, 0.2) is 0 Å². The highest BCUT2D eigenvalue weighted by atomic mass is 16.2. The van der Waals surface area contributed by atoms with Crippen molar-refractivity contribution in [2.24, 2.45) is 0 Å². The molecular formula is C20H21N3O. The summed E-state index contributed by atoms with van der Waals surface area (Å²) in [5, 5.41) is 9.49. The molecule has 1 saturated heterocycles. The zero-order valence-corrected chi connectivity index (χ0v) is 13.6. The van der Waals surface area contributed by atoms with Gasteiger partial charge in [-0.2, -0.15) is 5.10 Å². The van der Waals surface area contributed by atoms with Gasteiger partial charge in [-0.15, -0.1) is 0 Å². The van der Waals surface area contributed by atoms with Crippen LogP contribution in [0.1, 0.15) is 30.0 Å². The molecule has 4 heteroatoms. The molecule has 0 bridgehead atoms. The van der Waals surface area contributed by atoms with Gasteiger partial charge in [0.05, 0.1) is 6.42 Å². The molecule has 1 aliphatic heterocycles. The summed E-state index contributed by atoms with van der Waals surface area (Å²) in [5.41, 5.74) is 2.22. The summed E-state index contributed by atoms with van der Waals surface area (Å²) in [6.07, 6.45) is 4.42. The van der Waals surface area contributed by atoms with E-state index in [4.69, 9.17) is 0 Å². The number of carbonyl (C=O) groups excluding carboxylic acids is 1. The van der Waals surface area contributed by atoms with Crippen LogP contribution in [0.5, 0.6) is 0 Å². The Balaban J connectivity index is 1.46. The first-order chi connectivity index (χ1) is 11.8. The molecule has 1 fully saturated rings. The summed E-state index contributed by atoms with van der Waals surface area (Å²) < 4.78 is 0. The van der Waals surface area contributed by atoms with E-state index in [9.17, 15) is 4.79 Å². The van der Waals surface area contributed by atoms with Gasteiger partial charge in [-0.25, -0.2) is 0 Å². The van der Waals surface area contributed by atoms with Gasteiger partial charge >= 0.3 is 0 Å². The molecule has 1 N–H and O–H groups in total. The minimum absolute atomic E-state index is 0.217. The lowest BCUT2D eigenvalue weighted by Crippen LogP contribution is -2.40. The molecule has 0 unspecified atom stereocenters. The Bertz CT molecular complexity index is 841. The van der Waals surface area contributed by atoms with Crippen LogP contribution >= 0.6 is 0 Å². The molecular weight excluding hydrogens is 298 g/mol. The molecule has 0 saturated carbocycles. The molecule has 24 heavy (non-hydrogen) atoms. The third-order valence-electron chi connectivity index (χ3n) is 4.91. The third-order valence-corrected chi connectivity index (χ3v) is 4.91. The highest BCUT2D eigenvalue weighted by Gasteiger charge is 2.25. The van der Waals surface area contributed by atoms with Crippen molar-refractivity contribution in [3.63, 3.8) is 0 Å². The van der Waals surface area contributed by atoms with Gasteiger partial charge in [0, 0.05) is 30.9 Å². The zero-order valence-electron chi connectivity index (χ0n) is 13.6. The number of likely N-dealkylation sites (tertiary alicyclic amines) is 1. The van der Waals surface area contributed by atoms with E-state index in [0.717, 1.165) is 37.2 Å². The van der Waals surface area contributed by atoms with E-state index >= 15 is 0 Å². The summed E-state index contributed by atoms with van der Waals surface area (Å²) in [5.74, 6) is 0.594. The SMILES string of the molecule is O=C(Cc1ccc2ccccc2c1)N1CCC[C@@H](c2ccn[nH]2)C1. The molecule has 1 aromatic heterocycles. The van der Waals surface area contributed by atoms with Crippen molar-refractivity contribution in [1.29, 1.82) is 0 Å². The minimum Gasteiger partial charge on any atom is -0.342 e. The molecule has 3 aromatic rings. The molecule has 2 heterocycles. The molecule has 1 amide bonds. The maximum absolute atomic E-state index is 12.7. The lowest BCUT2D eigenvalue weighted by atomic mass is 9.94. The number of aromatic nitrogens is 2. The summed E-state index contributed by atoms with van der Waals surface area (Å²) >= 11 is 0. The first-order valence-electron chi connectivity index (χ1n) is 8.54. The third kappa shape index (κ3) is 3.04. The van der Waals surface area contributed by atoms with Gasteiger partial charge < -0.3 is 4.90 Å². The van der Waals surface area contributed by atoms with Crippen molar-refractivity contribution in [2.45, 2.75) is 25.2 Å². The number of benzene rings is 2. The van der Waals surface area contributed by atoms with Crippen molar-refractivity contribution >= 4 is 16.7 Å². The molecule has 4 nitrogen and oxygen atoms in total. The maximum Gasteiger partial charge on any atom is 0.227 e. The molecule has 0 aliphatic carbocycles. The second kappa shape index (κ2) is 6.48. The van der Waals surface area contributed by atoms with Gasteiger partial charge in [0.2, 0.25) is 5.91 Å². The smallest absolute Gasteiger partial charge is 0.227 e. The van der Waals surface area contributed by atoms with Crippen LogP contribution < -0.4 is 0 Å². The van der Waals surface area contributed by atoms with Crippen LogP contribution in [0.15, 0.2) is 54.7 Å². The van der Waals surface area contributed by atoms with Gasteiger partial charge in [-0.05, 0) is 35.2 Å². The maximum atomic E-state index is 12.7. The second-order valence-electron chi connectivity index (χ2n) is 6.55. The monoisotopic (exact) mass is 319 g/mol. The first-order valence-corrected chi connectivity index (χ1v) is 8.54. The quantitative estimate of drug-likeness (QED) is 0.803. The summed E-state index contributed by atoms with van der Waals surface area (Å²) in [6, 6.07) is 16.6. The van der Waals surface area contributed by atoms with Crippen LogP contribution in [-0.2, 0) is 11.2 Å². The molecule has 122 valence electrons. The van der Waals surface area contributed by atoms with Gasteiger partial charge in [0.1, 0.15) is 0 Å². The fraction of sp³-hybridized carbons (Fsp3) is 0.300. The molecule has 0 radical (unpaired) electrons. The Morgan fingerprint density at radius 2 is 2.04 bits per heavy atom. The second-order valence-corrected chi connectivity index (χ2v) is 6.55. The summed E-state index contributed by atoms with van der Waals surface area (Å²) in [6.45, 7) is 1.64. The summed E-state index contributed by atoms with van der Waals surface area (Å²) in [4.78, 5) is 14.7. The predicted molar refractivity (Wildman–Crippen MR) is 94.8 cm³/mol. The van der Waals surface area contributed by atoms with Crippen LogP contribution in [0.2, 0.25) is 0 Å². The van der Waals surface area contributed by atoms with Gasteiger partial charge in [-0.3, -0.25) is 9.89 Å². The molecule has 2 aromatic carbocycles. The molecule has 0 spiro atoms. The number of nitrogens with one attached hydrogen (secondary N) is 1. The van der Waals surface area contributed by atoms with E-state index in [2.05, 4.69) is 40.5 Å². The Kier molecular flexibility index (Phi) is 4.03. The standard InChI is InChI=1S/C20H21N3O/c24-20(13-15-7-8-16-4-1-2-5-17(16)12-15)23-11-3-6-18(14-23)19-9-10-21-22-19/h1-2,4-5,7-10,12,18H,3,6,11,13-14H2,(H,21,22)/t18-/m1/s1. The van der Waals surface area contributed by atoms with Crippen molar-refractivity contribution in [2.75, 3.05) is 13.1 Å². The lowest BCUT2D eigenvalue weighted by Gasteiger charge is -2.32. The minimum atomic E-state index is 0.217. The number of hydrogen-bond acceptors (Lipinski definition) is 2. The van der Waals surface area contributed by atoms with E-state index in [0.29, 0.717) is 12.3 Å². The average molecular weight is 319 g/mol. The fourth-order valence-electron chi connectivity index (χ4n) is 3.59. The predicted octanol–water partition coefficient (Wildman–Crippen LogP) is 3.51. The highest BCUT2D eigenvalue weighted by Crippen LogP contribution is 2.26. The zero-order chi connectivity index (χ0) is 16.4. The largest absolute Gasteiger partial charge is 0.342 e. The number of amides is 1. The van der Waals surface area contributed by atoms with E-state index in [1.165, 1.54) is 10.8 Å². The van der Waals surface area contributed by atoms with E-state index in [1.54, 1.807) is 6.20 Å². The van der Waals surface area contributed by atoms with E-state index in [1.807, 2.05) is 23.1 Å². The number of H-pyrrole nitrogens is 1. The molecule has 1 aliphatic rings. The van der Waals surface area contributed by atoms with Crippen LogP contribution in [0.3, 0.4) is 0 Å². The Labute approximate surface area is 141 Å². The van der Waals surface area contributed by atoms with Crippen molar-refractivity contribution in [3.05, 3.63) is 66.0 Å². The van der Waals surface area contributed by atoms with Crippen LogP contribution in [0.25, 0.3) is 10.8 Å². The number of piperidine rings is 1. The van der Waals surface area contributed by atoms with Crippen molar-refractivity contribution in [3.8, 4) is 0 Å². The normalized spacial score (nSPS) is 18.0. The van der Waals surface area contributed by atoms with Crippen LogP contribution in [0.4, 0.5) is 0 Å². The Morgan fingerprint density at radius 3 is 2.88 bits per heavy atom. The Hall–Kier alpha value is -2.62. The average Bonchev–Trinajstić information content (AvgIpc) is 3.16. The fourth-order valence-corrected chi connectivity index (χ4v) is 3.59. The van der Waals surface area contributed by atoms with Crippen molar-refractivity contribution in [1.82, 2.24) is 15.1 Å². The van der Waals surface area contributed by atoms with Gasteiger partial charge in [0.25, 0.3) is 0 Å². The van der Waals surface area contributed by atoms with Crippen molar-refractivity contribution < 1.29 is 4.79 Å². The van der Waals surface area contributed by atoms with E-state index in [-0.39, 0.29) is 5.91 Å². The number of fused-ring (bicyclic) bond motifs is 1. The van der Waals surface area contributed by atoms with E-state index < -0.39 is 0 Å². The number of carbonyl (C=O) groups is 1.